The molecule has 2 N–H and O–H groups in total. The van der Waals surface area contributed by atoms with Crippen molar-refractivity contribution in [2.75, 3.05) is 13.1 Å². The molecule has 0 saturated carbocycles. The first kappa shape index (κ1) is 15.2. The highest BCUT2D eigenvalue weighted by Gasteiger charge is 2.21. The third-order valence-electron chi connectivity index (χ3n) is 2.87. The molecule has 1 aliphatic heterocycles. The van der Waals surface area contributed by atoms with Crippen LogP contribution in [0.5, 0.6) is 0 Å². The van der Waals surface area contributed by atoms with Crippen LogP contribution >= 0.6 is 0 Å². The predicted octanol–water partition coefficient (Wildman–Crippen LogP) is 2.54. The Morgan fingerprint density at radius 3 is 2.61 bits per heavy atom. The fraction of sp³-hybridized carbons (Fsp3) is 0.923. The maximum atomic E-state index is 11.7. The van der Waals surface area contributed by atoms with Gasteiger partial charge in [-0.1, -0.05) is 19.3 Å². The number of rotatable bonds is 1. The SMILES string of the molecule is CC(C)(C)OC(=O)NC1CCCCCCN(O)C1. The molecule has 1 unspecified atom stereocenters. The number of carbonyl (C=O) groups excluding carboxylic acids is 1. The zero-order chi connectivity index (χ0) is 13.6. The van der Waals surface area contributed by atoms with E-state index in [2.05, 4.69) is 5.32 Å². The lowest BCUT2D eigenvalue weighted by Gasteiger charge is -2.25. The highest BCUT2D eigenvalue weighted by molar-refractivity contribution is 5.68. The van der Waals surface area contributed by atoms with Crippen LogP contribution in [0.3, 0.4) is 0 Å². The number of ether oxygens (including phenoxy) is 1. The molecule has 0 aromatic heterocycles. The second kappa shape index (κ2) is 6.95. The van der Waals surface area contributed by atoms with Crippen molar-refractivity contribution in [3.8, 4) is 0 Å². The standard InChI is InChI=1S/C13H26N2O3/c1-13(2,3)18-12(16)14-11-8-6-4-5-7-9-15(17)10-11/h11,17H,4-10H2,1-3H3,(H,14,16). The first-order chi connectivity index (χ1) is 8.37. The number of hydrogen-bond acceptors (Lipinski definition) is 4. The number of amides is 1. The van der Waals surface area contributed by atoms with Gasteiger partial charge in [-0.2, -0.15) is 5.06 Å². The van der Waals surface area contributed by atoms with Crippen molar-refractivity contribution in [1.82, 2.24) is 10.4 Å². The summed E-state index contributed by atoms with van der Waals surface area (Å²) in [6.07, 6.45) is 4.86. The summed E-state index contributed by atoms with van der Waals surface area (Å²) in [5.41, 5.74) is -0.485. The highest BCUT2D eigenvalue weighted by Crippen LogP contribution is 2.12. The summed E-state index contributed by atoms with van der Waals surface area (Å²) < 4.78 is 5.23. The van der Waals surface area contributed by atoms with Crippen LogP contribution in [-0.2, 0) is 4.74 Å². The van der Waals surface area contributed by atoms with Crippen molar-refractivity contribution in [1.29, 1.82) is 0 Å². The Bertz CT molecular complexity index is 263. The number of nitrogens with zero attached hydrogens (tertiary/aromatic N) is 1. The van der Waals surface area contributed by atoms with E-state index in [9.17, 15) is 10.0 Å². The van der Waals surface area contributed by atoms with Gasteiger partial charge < -0.3 is 15.3 Å². The molecule has 1 atom stereocenters. The minimum Gasteiger partial charge on any atom is -0.444 e. The van der Waals surface area contributed by atoms with E-state index in [1.165, 1.54) is 5.06 Å². The minimum atomic E-state index is -0.485. The molecule has 1 fully saturated rings. The van der Waals surface area contributed by atoms with Gasteiger partial charge in [0.15, 0.2) is 0 Å². The van der Waals surface area contributed by atoms with Gasteiger partial charge in [-0.25, -0.2) is 4.79 Å². The van der Waals surface area contributed by atoms with Gasteiger partial charge in [-0.15, -0.1) is 0 Å². The Balaban J connectivity index is 2.43. The highest BCUT2D eigenvalue weighted by atomic mass is 16.6. The van der Waals surface area contributed by atoms with Crippen LogP contribution in [0.1, 0.15) is 52.9 Å². The number of alkyl carbamates (subject to hydrolysis) is 1. The molecule has 1 rings (SSSR count). The topological polar surface area (TPSA) is 61.8 Å². The van der Waals surface area contributed by atoms with E-state index < -0.39 is 11.7 Å². The lowest BCUT2D eigenvalue weighted by Crippen LogP contribution is -2.44. The van der Waals surface area contributed by atoms with Gasteiger partial charge in [0.25, 0.3) is 0 Å². The summed E-state index contributed by atoms with van der Waals surface area (Å²) >= 11 is 0. The lowest BCUT2D eigenvalue weighted by atomic mass is 10.1. The Kier molecular flexibility index (Phi) is 5.88. The van der Waals surface area contributed by atoms with E-state index in [0.29, 0.717) is 13.1 Å². The van der Waals surface area contributed by atoms with Gasteiger partial charge in [0.05, 0.1) is 0 Å². The molecule has 106 valence electrons. The van der Waals surface area contributed by atoms with E-state index in [0.717, 1.165) is 32.1 Å². The second-order valence-corrected chi connectivity index (χ2v) is 5.96. The van der Waals surface area contributed by atoms with E-state index in [4.69, 9.17) is 4.74 Å². The van der Waals surface area contributed by atoms with Crippen LogP contribution in [0.2, 0.25) is 0 Å². The molecule has 1 saturated heterocycles. The molecule has 1 aliphatic rings. The molecule has 5 nitrogen and oxygen atoms in total. The summed E-state index contributed by atoms with van der Waals surface area (Å²) in [4.78, 5) is 11.7. The fourth-order valence-electron chi connectivity index (χ4n) is 2.07. The van der Waals surface area contributed by atoms with Crippen molar-refractivity contribution in [2.45, 2.75) is 64.5 Å². The molecule has 1 heterocycles. The second-order valence-electron chi connectivity index (χ2n) is 5.96. The van der Waals surface area contributed by atoms with Crippen molar-refractivity contribution in [2.24, 2.45) is 0 Å². The van der Waals surface area contributed by atoms with E-state index >= 15 is 0 Å². The summed E-state index contributed by atoms with van der Waals surface area (Å²) in [6.45, 7) is 6.67. The summed E-state index contributed by atoms with van der Waals surface area (Å²) in [5.74, 6) is 0. The van der Waals surface area contributed by atoms with Crippen LogP contribution in [0, 0.1) is 0 Å². The van der Waals surface area contributed by atoms with Crippen LogP contribution in [0.4, 0.5) is 4.79 Å². The molecule has 0 aromatic carbocycles. The van der Waals surface area contributed by atoms with E-state index in [1.54, 1.807) is 0 Å². The van der Waals surface area contributed by atoms with Crippen molar-refractivity contribution >= 4 is 6.09 Å². The van der Waals surface area contributed by atoms with Crippen LogP contribution < -0.4 is 5.32 Å². The number of hydroxylamine groups is 2. The average Bonchev–Trinajstić information content (AvgIpc) is 2.27. The third kappa shape index (κ3) is 6.81. The Labute approximate surface area is 109 Å². The van der Waals surface area contributed by atoms with Gasteiger partial charge >= 0.3 is 6.09 Å². The van der Waals surface area contributed by atoms with Crippen molar-refractivity contribution < 1.29 is 14.7 Å². The van der Waals surface area contributed by atoms with Crippen LogP contribution in [-0.4, -0.2) is 41.1 Å². The lowest BCUT2D eigenvalue weighted by molar-refractivity contribution is -0.0966. The molecular weight excluding hydrogens is 232 g/mol. The van der Waals surface area contributed by atoms with Gasteiger partial charge in [0.2, 0.25) is 0 Å². The maximum absolute atomic E-state index is 11.7. The normalized spacial score (nSPS) is 23.7. The first-order valence-electron chi connectivity index (χ1n) is 6.80. The van der Waals surface area contributed by atoms with Gasteiger partial charge in [-0.3, -0.25) is 0 Å². The largest absolute Gasteiger partial charge is 0.444 e. The molecule has 0 aromatic rings. The third-order valence-corrected chi connectivity index (χ3v) is 2.87. The summed E-state index contributed by atoms with van der Waals surface area (Å²) in [7, 11) is 0. The van der Waals surface area contributed by atoms with Gasteiger partial charge in [-0.05, 0) is 33.6 Å². The number of carbonyl (C=O) groups is 1. The average molecular weight is 258 g/mol. The fourth-order valence-corrected chi connectivity index (χ4v) is 2.07. The number of nitrogens with one attached hydrogen (secondary N) is 1. The molecule has 1 amide bonds. The van der Waals surface area contributed by atoms with Gasteiger partial charge in [0.1, 0.15) is 5.60 Å². The first-order valence-corrected chi connectivity index (χ1v) is 6.80. The van der Waals surface area contributed by atoms with Crippen molar-refractivity contribution in [3.05, 3.63) is 0 Å². The number of hydrogen-bond donors (Lipinski definition) is 2. The zero-order valence-corrected chi connectivity index (χ0v) is 11.7. The molecule has 0 radical (unpaired) electrons. The van der Waals surface area contributed by atoms with Crippen LogP contribution in [0.25, 0.3) is 0 Å². The summed E-state index contributed by atoms with van der Waals surface area (Å²) in [5, 5.41) is 13.8. The molecular formula is C13H26N2O3. The minimum absolute atomic E-state index is 0.0389. The quantitative estimate of drug-likeness (QED) is 0.758. The smallest absolute Gasteiger partial charge is 0.407 e. The van der Waals surface area contributed by atoms with E-state index in [1.807, 2.05) is 20.8 Å². The van der Waals surface area contributed by atoms with Crippen LogP contribution in [0.15, 0.2) is 0 Å². The van der Waals surface area contributed by atoms with E-state index in [-0.39, 0.29) is 6.04 Å². The van der Waals surface area contributed by atoms with Crippen molar-refractivity contribution in [3.63, 3.8) is 0 Å². The summed E-state index contributed by atoms with van der Waals surface area (Å²) in [6, 6.07) is -0.0389. The Morgan fingerprint density at radius 2 is 1.94 bits per heavy atom. The molecule has 0 bridgehead atoms. The maximum Gasteiger partial charge on any atom is 0.407 e. The van der Waals surface area contributed by atoms with Gasteiger partial charge in [0, 0.05) is 19.1 Å². The molecule has 18 heavy (non-hydrogen) atoms. The monoisotopic (exact) mass is 258 g/mol. The Hall–Kier alpha value is -0.810. The molecule has 0 aliphatic carbocycles. The molecule has 5 heteroatoms. The Morgan fingerprint density at radius 1 is 1.28 bits per heavy atom. The molecule has 0 spiro atoms. The predicted molar refractivity (Wildman–Crippen MR) is 69.6 cm³/mol. The zero-order valence-electron chi connectivity index (χ0n) is 11.7.